The summed E-state index contributed by atoms with van der Waals surface area (Å²) in [6.45, 7) is 7.22. The molecule has 5 heterocycles. The monoisotopic (exact) mass is 488 g/mol. The van der Waals surface area contributed by atoms with Crippen molar-refractivity contribution in [3.05, 3.63) is 71.4 Å². The number of piperazine rings is 1. The predicted octanol–water partition coefficient (Wildman–Crippen LogP) is 4.68. The van der Waals surface area contributed by atoms with Gasteiger partial charge in [-0.05, 0) is 44.2 Å². The molecule has 0 saturated carbocycles. The Morgan fingerprint density at radius 3 is 2.71 bits per heavy atom. The molecule has 5 aromatic rings. The number of anilines is 3. The first-order valence-electron chi connectivity index (χ1n) is 11.6. The van der Waals surface area contributed by atoms with Gasteiger partial charge in [0.2, 0.25) is 0 Å². The number of fused-ring (bicyclic) bond motifs is 2. The molecule has 35 heavy (non-hydrogen) atoms. The van der Waals surface area contributed by atoms with Gasteiger partial charge in [0.25, 0.3) is 0 Å². The first-order chi connectivity index (χ1) is 17.1. The van der Waals surface area contributed by atoms with Crippen LogP contribution in [0.5, 0.6) is 0 Å². The van der Waals surface area contributed by atoms with Crippen LogP contribution in [0.4, 0.5) is 21.2 Å². The maximum atomic E-state index is 14.4. The van der Waals surface area contributed by atoms with E-state index < -0.39 is 0 Å². The van der Waals surface area contributed by atoms with Gasteiger partial charge in [-0.25, -0.2) is 23.9 Å². The van der Waals surface area contributed by atoms with E-state index in [0.717, 1.165) is 59.4 Å². The van der Waals surface area contributed by atoms with E-state index in [4.69, 9.17) is 4.98 Å². The van der Waals surface area contributed by atoms with E-state index in [1.54, 1.807) is 35.2 Å². The Bertz CT molecular complexity index is 1490. The maximum absolute atomic E-state index is 14.4. The summed E-state index contributed by atoms with van der Waals surface area (Å²) in [6.07, 6.45) is 5.29. The van der Waals surface area contributed by atoms with Crippen LogP contribution in [-0.2, 0) is 0 Å². The van der Waals surface area contributed by atoms with Crippen LogP contribution in [0.15, 0.2) is 54.4 Å². The molecule has 1 aliphatic heterocycles. The number of aromatic nitrogens is 5. The molecule has 0 unspecified atom stereocenters. The van der Waals surface area contributed by atoms with Gasteiger partial charge in [-0.15, -0.1) is 11.3 Å². The van der Waals surface area contributed by atoms with Crippen LogP contribution in [0.25, 0.3) is 16.4 Å². The Morgan fingerprint density at radius 1 is 1.09 bits per heavy atom. The minimum atomic E-state index is -0.236. The van der Waals surface area contributed by atoms with Gasteiger partial charge in [-0.3, -0.25) is 0 Å². The van der Waals surface area contributed by atoms with Crippen LogP contribution in [0.1, 0.15) is 24.1 Å². The highest BCUT2D eigenvalue weighted by Crippen LogP contribution is 2.33. The minimum absolute atomic E-state index is 0.0853. The number of hydrogen-bond donors (Lipinski definition) is 1. The molecule has 6 rings (SSSR count). The molecule has 1 aromatic carbocycles. The topological polar surface area (TPSA) is 74.5 Å². The van der Waals surface area contributed by atoms with Gasteiger partial charge in [0.15, 0.2) is 10.9 Å². The molecule has 178 valence electrons. The fourth-order valence-electron chi connectivity index (χ4n) is 4.68. The Labute approximate surface area is 206 Å². The van der Waals surface area contributed by atoms with Gasteiger partial charge in [0.1, 0.15) is 23.5 Å². The smallest absolute Gasteiger partial charge is 0.185 e. The zero-order valence-corrected chi connectivity index (χ0v) is 20.3. The highest BCUT2D eigenvalue weighted by Gasteiger charge is 2.25. The van der Waals surface area contributed by atoms with Gasteiger partial charge < -0.3 is 15.1 Å². The number of nitrogens with zero attached hydrogens (tertiary/aromatic N) is 7. The molecule has 0 aliphatic carbocycles. The van der Waals surface area contributed by atoms with E-state index in [1.807, 2.05) is 29.9 Å². The quantitative estimate of drug-likeness (QED) is 0.385. The number of hydrogen-bond acceptors (Lipinski definition) is 8. The van der Waals surface area contributed by atoms with Gasteiger partial charge in [0, 0.05) is 60.5 Å². The van der Waals surface area contributed by atoms with Crippen molar-refractivity contribution in [2.45, 2.75) is 19.9 Å². The van der Waals surface area contributed by atoms with Crippen molar-refractivity contribution in [1.82, 2.24) is 24.6 Å². The number of pyridine rings is 1. The molecule has 0 bridgehead atoms. The van der Waals surface area contributed by atoms with Crippen LogP contribution in [-0.4, -0.2) is 50.7 Å². The van der Waals surface area contributed by atoms with Gasteiger partial charge in [-0.1, -0.05) is 0 Å². The Balaban J connectivity index is 1.37. The molecule has 0 radical (unpaired) electrons. The summed E-state index contributed by atoms with van der Waals surface area (Å²) in [7, 11) is 0. The second-order valence-corrected chi connectivity index (χ2v) is 9.62. The van der Waals surface area contributed by atoms with Crippen LogP contribution < -0.4 is 15.1 Å². The van der Waals surface area contributed by atoms with Crippen LogP contribution >= 0.6 is 11.3 Å². The normalized spacial score (nSPS) is 15.2. The Hall–Kier alpha value is -3.79. The zero-order chi connectivity index (χ0) is 23.9. The molecular weight excluding hydrogens is 463 g/mol. The van der Waals surface area contributed by atoms with Gasteiger partial charge in [0.05, 0.1) is 11.6 Å². The molecule has 0 amide bonds. The number of aryl methyl sites for hydroxylation is 1. The molecule has 4 aromatic heterocycles. The summed E-state index contributed by atoms with van der Waals surface area (Å²) in [4.78, 5) is 18.6. The molecule has 1 atom stereocenters. The Morgan fingerprint density at radius 2 is 1.91 bits per heavy atom. The number of rotatable bonds is 5. The average Bonchev–Trinajstić information content (AvgIpc) is 3.59. The molecule has 10 heteroatoms. The summed E-state index contributed by atoms with van der Waals surface area (Å²) in [6, 6.07) is 9.30. The van der Waals surface area contributed by atoms with Crippen molar-refractivity contribution in [2.24, 2.45) is 0 Å². The lowest BCUT2D eigenvalue weighted by atomic mass is 10.0. The third kappa shape index (κ3) is 3.93. The van der Waals surface area contributed by atoms with Crippen molar-refractivity contribution in [2.75, 3.05) is 41.3 Å². The molecule has 1 aliphatic rings. The van der Waals surface area contributed by atoms with E-state index in [0.29, 0.717) is 11.1 Å². The maximum Gasteiger partial charge on any atom is 0.185 e. The van der Waals surface area contributed by atoms with Crippen LogP contribution in [0, 0.1) is 12.7 Å². The first kappa shape index (κ1) is 21.7. The lowest BCUT2D eigenvalue weighted by Crippen LogP contribution is -2.47. The van der Waals surface area contributed by atoms with Crippen molar-refractivity contribution in [3.8, 4) is 0 Å². The van der Waals surface area contributed by atoms with E-state index in [2.05, 4.69) is 43.2 Å². The first-order valence-corrected chi connectivity index (χ1v) is 12.5. The average molecular weight is 489 g/mol. The summed E-state index contributed by atoms with van der Waals surface area (Å²) in [5.74, 6) is 1.40. The molecule has 8 nitrogen and oxygen atoms in total. The molecule has 1 N–H and O–H groups in total. The third-order valence-corrected chi connectivity index (χ3v) is 7.44. The summed E-state index contributed by atoms with van der Waals surface area (Å²) in [5.41, 5.74) is 3.23. The van der Waals surface area contributed by atoms with Crippen LogP contribution in [0.2, 0.25) is 0 Å². The lowest BCUT2D eigenvalue weighted by molar-refractivity contribution is 0.620. The number of halogens is 1. The summed E-state index contributed by atoms with van der Waals surface area (Å²) < 4.78 is 16.2. The Kier molecular flexibility index (Phi) is 5.44. The lowest BCUT2D eigenvalue weighted by Gasteiger charge is -2.37. The molecule has 1 fully saturated rings. The van der Waals surface area contributed by atoms with E-state index in [1.165, 1.54) is 6.07 Å². The number of benzene rings is 1. The van der Waals surface area contributed by atoms with Gasteiger partial charge >= 0.3 is 0 Å². The fourth-order valence-corrected chi connectivity index (χ4v) is 5.37. The summed E-state index contributed by atoms with van der Waals surface area (Å²) in [5, 5.41) is 11.8. The SMILES string of the molecule is Cc1c(F)ccc2cc([C@H](C)Nc3ncnn4cccc34)c(N3CCN(c4nccs4)CC3)nc12. The zero-order valence-electron chi connectivity index (χ0n) is 19.5. The highest BCUT2D eigenvalue weighted by molar-refractivity contribution is 7.13. The van der Waals surface area contributed by atoms with Crippen molar-refractivity contribution < 1.29 is 4.39 Å². The minimum Gasteiger partial charge on any atom is -0.362 e. The highest BCUT2D eigenvalue weighted by atomic mass is 32.1. The van der Waals surface area contributed by atoms with Crippen molar-refractivity contribution >= 4 is 44.5 Å². The third-order valence-electron chi connectivity index (χ3n) is 6.61. The van der Waals surface area contributed by atoms with Crippen molar-refractivity contribution in [3.63, 3.8) is 0 Å². The van der Waals surface area contributed by atoms with E-state index in [-0.39, 0.29) is 11.9 Å². The van der Waals surface area contributed by atoms with Crippen molar-refractivity contribution in [1.29, 1.82) is 0 Å². The predicted molar refractivity (Wildman–Crippen MR) is 138 cm³/mol. The van der Waals surface area contributed by atoms with Crippen LogP contribution in [0.3, 0.4) is 0 Å². The fraction of sp³-hybridized carbons (Fsp3) is 0.280. The van der Waals surface area contributed by atoms with E-state index in [9.17, 15) is 4.39 Å². The van der Waals surface area contributed by atoms with E-state index >= 15 is 0 Å². The van der Waals surface area contributed by atoms with Gasteiger partial charge in [-0.2, -0.15) is 5.10 Å². The largest absolute Gasteiger partial charge is 0.362 e. The molecule has 1 saturated heterocycles. The number of thiazole rings is 1. The second kappa shape index (κ2) is 8.77. The number of nitrogens with one attached hydrogen (secondary N) is 1. The summed E-state index contributed by atoms with van der Waals surface area (Å²) >= 11 is 1.66. The standard InChI is InChI=1S/C25H25FN8S/c1-16-20(26)6-5-18-14-19(17(2)30-23-21-4-3-8-34(21)29-15-28-23)24(31-22(16)18)32-9-11-33(12-10-32)25-27-7-13-35-25/h3-8,13-15,17H,9-12H2,1-2H3,(H,28,29,30)/t17-/m0/s1. The second-order valence-electron chi connectivity index (χ2n) is 8.75. The molecule has 0 spiro atoms. The molecular formula is C25H25FN8S.